The van der Waals surface area contributed by atoms with Gasteiger partial charge in [0.05, 0.1) is 31.3 Å². The average molecular weight is 450 g/mol. The Kier molecular flexibility index (Phi) is 11.7. The number of carbonyl (C=O) groups excluding carboxylic acids is 1. The van der Waals surface area contributed by atoms with E-state index in [9.17, 15) is 13.2 Å². The minimum atomic E-state index is -3.80. The van der Waals surface area contributed by atoms with Crippen molar-refractivity contribution in [3.63, 3.8) is 0 Å². The summed E-state index contributed by atoms with van der Waals surface area (Å²) in [6.07, 6.45) is 0. The van der Waals surface area contributed by atoms with E-state index in [4.69, 9.17) is 21.4 Å². The van der Waals surface area contributed by atoms with Gasteiger partial charge in [-0.15, -0.1) is 0 Å². The van der Waals surface area contributed by atoms with Gasteiger partial charge < -0.3 is 19.6 Å². The number of hydrogen-bond acceptors (Lipinski definition) is 6. The number of ether oxygens (including phenoxy) is 1. The largest absolute Gasteiger partial charge is 0.394 e. The third-order valence-corrected chi connectivity index (χ3v) is 6.62. The van der Waals surface area contributed by atoms with E-state index < -0.39 is 10.0 Å². The molecule has 1 amide bonds. The molecule has 0 heterocycles. The number of aliphatic hydroxyl groups is 1. The van der Waals surface area contributed by atoms with Crippen LogP contribution in [0.5, 0.6) is 0 Å². The summed E-state index contributed by atoms with van der Waals surface area (Å²) >= 11 is 5.82. The van der Waals surface area contributed by atoms with Crippen LogP contribution in [0.2, 0.25) is 5.02 Å². The lowest BCUT2D eigenvalue weighted by atomic mass is 10.4. The van der Waals surface area contributed by atoms with Crippen molar-refractivity contribution in [2.24, 2.45) is 0 Å². The highest BCUT2D eigenvalue weighted by Crippen LogP contribution is 2.17. The van der Waals surface area contributed by atoms with E-state index in [0.717, 1.165) is 17.4 Å². The van der Waals surface area contributed by atoms with Gasteiger partial charge in [-0.2, -0.15) is 4.31 Å². The van der Waals surface area contributed by atoms with E-state index in [1.54, 1.807) is 4.90 Å². The molecule has 1 aromatic carbocycles. The van der Waals surface area contributed by atoms with Gasteiger partial charge in [0.15, 0.2) is 0 Å². The quantitative estimate of drug-likeness (QED) is 0.428. The molecule has 0 radical (unpaired) electrons. The lowest BCUT2D eigenvalue weighted by molar-refractivity contribution is -0.132. The molecule has 0 aliphatic rings. The van der Waals surface area contributed by atoms with Crippen molar-refractivity contribution >= 4 is 27.5 Å². The number of halogens is 1. The molecule has 0 fully saturated rings. The van der Waals surface area contributed by atoms with Crippen LogP contribution in [-0.4, -0.2) is 99.7 Å². The summed E-state index contributed by atoms with van der Waals surface area (Å²) in [4.78, 5) is 16.7. The lowest BCUT2D eigenvalue weighted by Crippen LogP contribution is -2.45. The summed E-state index contributed by atoms with van der Waals surface area (Å²) in [7, 11) is -2.42. The minimum Gasteiger partial charge on any atom is -0.394 e. The summed E-state index contributed by atoms with van der Waals surface area (Å²) < 4.78 is 31.7. The fraction of sp³-hybridized carbons (Fsp3) is 0.632. The summed E-state index contributed by atoms with van der Waals surface area (Å²) in [5, 5.41) is 9.26. The van der Waals surface area contributed by atoms with Crippen LogP contribution in [0.1, 0.15) is 13.8 Å². The molecule has 1 rings (SSSR count). The molecule has 0 bridgehead atoms. The first-order valence-corrected chi connectivity index (χ1v) is 11.5. The molecule has 0 saturated carbocycles. The van der Waals surface area contributed by atoms with Gasteiger partial charge in [-0.3, -0.25) is 4.79 Å². The number of aliphatic hydroxyl groups excluding tert-OH is 1. The van der Waals surface area contributed by atoms with Crippen LogP contribution in [0.15, 0.2) is 29.2 Å². The van der Waals surface area contributed by atoms with E-state index in [1.807, 2.05) is 13.8 Å². The maximum Gasteiger partial charge on any atom is 0.243 e. The fourth-order valence-corrected chi connectivity index (χ4v) is 3.91. The molecule has 0 unspecified atom stereocenters. The Hall–Kier alpha value is -1.23. The molecule has 0 aromatic heterocycles. The number of carbonyl (C=O) groups is 1. The molecule has 0 aliphatic carbocycles. The first-order valence-electron chi connectivity index (χ1n) is 9.66. The van der Waals surface area contributed by atoms with Crippen molar-refractivity contribution in [1.29, 1.82) is 0 Å². The molecular weight excluding hydrogens is 418 g/mol. The SMILES string of the molecule is CCN(CC)CCN(CCOCCO)C(=O)CN(C)S(=O)(=O)c1ccc(Cl)cc1. The number of benzene rings is 1. The Morgan fingerprint density at radius 2 is 1.69 bits per heavy atom. The highest BCUT2D eigenvalue weighted by molar-refractivity contribution is 7.89. The van der Waals surface area contributed by atoms with E-state index in [0.29, 0.717) is 24.7 Å². The molecule has 10 heteroatoms. The molecule has 8 nitrogen and oxygen atoms in total. The van der Waals surface area contributed by atoms with Crippen molar-refractivity contribution < 1.29 is 23.1 Å². The minimum absolute atomic E-state index is 0.0816. The number of amides is 1. The second-order valence-electron chi connectivity index (χ2n) is 6.46. The smallest absolute Gasteiger partial charge is 0.243 e. The molecule has 1 aromatic rings. The zero-order chi connectivity index (χ0) is 21.9. The highest BCUT2D eigenvalue weighted by atomic mass is 35.5. The van der Waals surface area contributed by atoms with Crippen LogP contribution in [0.4, 0.5) is 0 Å². The zero-order valence-corrected chi connectivity index (χ0v) is 19.0. The Labute approximate surface area is 179 Å². The number of nitrogens with zero attached hydrogens (tertiary/aromatic N) is 3. The van der Waals surface area contributed by atoms with Crippen molar-refractivity contribution in [1.82, 2.24) is 14.1 Å². The van der Waals surface area contributed by atoms with E-state index in [-0.39, 0.29) is 37.2 Å². The molecule has 0 spiro atoms. The second-order valence-corrected chi connectivity index (χ2v) is 8.94. The maximum atomic E-state index is 12.8. The summed E-state index contributed by atoms with van der Waals surface area (Å²) in [5.41, 5.74) is 0. The Morgan fingerprint density at radius 1 is 1.07 bits per heavy atom. The number of hydrogen-bond donors (Lipinski definition) is 1. The predicted octanol–water partition coefficient (Wildman–Crippen LogP) is 1.14. The van der Waals surface area contributed by atoms with Gasteiger partial charge >= 0.3 is 0 Å². The van der Waals surface area contributed by atoms with Gasteiger partial charge in [0.25, 0.3) is 0 Å². The second kappa shape index (κ2) is 13.1. The average Bonchev–Trinajstić information content (AvgIpc) is 2.70. The van der Waals surface area contributed by atoms with Crippen LogP contribution >= 0.6 is 11.6 Å². The molecule has 0 atom stereocenters. The molecule has 29 heavy (non-hydrogen) atoms. The third kappa shape index (κ3) is 8.57. The third-order valence-electron chi connectivity index (χ3n) is 4.55. The maximum absolute atomic E-state index is 12.8. The first kappa shape index (κ1) is 25.8. The standard InChI is InChI=1S/C19H32ClN3O5S/c1-4-22(5-2)10-11-23(12-14-28-15-13-24)19(25)16-21(3)29(26,27)18-8-6-17(20)7-9-18/h6-9,24H,4-5,10-16H2,1-3H3. The van der Waals surface area contributed by atoms with Crippen LogP contribution in [0.3, 0.4) is 0 Å². The van der Waals surface area contributed by atoms with Gasteiger partial charge in [-0.1, -0.05) is 25.4 Å². The van der Waals surface area contributed by atoms with Crippen LogP contribution < -0.4 is 0 Å². The van der Waals surface area contributed by atoms with Crippen LogP contribution in [-0.2, 0) is 19.6 Å². The molecule has 0 saturated heterocycles. The van der Waals surface area contributed by atoms with Gasteiger partial charge in [0, 0.05) is 31.7 Å². The molecule has 1 N–H and O–H groups in total. The number of rotatable bonds is 14. The summed E-state index contributed by atoms with van der Waals surface area (Å²) in [6, 6.07) is 5.83. The monoisotopic (exact) mass is 449 g/mol. The molecular formula is C19H32ClN3O5S. The topological polar surface area (TPSA) is 90.4 Å². The van der Waals surface area contributed by atoms with E-state index >= 15 is 0 Å². The predicted molar refractivity (Wildman–Crippen MR) is 114 cm³/mol. The van der Waals surface area contributed by atoms with Gasteiger partial charge in [0.2, 0.25) is 15.9 Å². The van der Waals surface area contributed by atoms with E-state index in [2.05, 4.69) is 4.90 Å². The number of likely N-dealkylation sites (N-methyl/N-ethyl adjacent to an activating group) is 2. The lowest BCUT2D eigenvalue weighted by Gasteiger charge is -2.28. The molecule has 166 valence electrons. The Balaban J connectivity index is 2.80. The highest BCUT2D eigenvalue weighted by Gasteiger charge is 2.25. The van der Waals surface area contributed by atoms with Crippen LogP contribution in [0.25, 0.3) is 0 Å². The van der Waals surface area contributed by atoms with Gasteiger partial charge in [-0.25, -0.2) is 8.42 Å². The van der Waals surface area contributed by atoms with E-state index in [1.165, 1.54) is 31.3 Å². The van der Waals surface area contributed by atoms with Gasteiger partial charge in [-0.05, 0) is 37.4 Å². The summed E-state index contributed by atoms with van der Waals surface area (Å²) in [6.45, 7) is 7.42. The van der Waals surface area contributed by atoms with Crippen molar-refractivity contribution in [3.8, 4) is 0 Å². The molecule has 0 aliphatic heterocycles. The summed E-state index contributed by atoms with van der Waals surface area (Å²) in [5.74, 6) is -0.301. The zero-order valence-electron chi connectivity index (χ0n) is 17.4. The Bertz CT molecular complexity index is 711. The Morgan fingerprint density at radius 3 is 2.24 bits per heavy atom. The van der Waals surface area contributed by atoms with Crippen molar-refractivity contribution in [2.45, 2.75) is 18.7 Å². The fourth-order valence-electron chi connectivity index (χ4n) is 2.67. The van der Waals surface area contributed by atoms with Crippen LogP contribution in [0, 0.1) is 0 Å². The number of sulfonamides is 1. The van der Waals surface area contributed by atoms with Gasteiger partial charge in [0.1, 0.15) is 0 Å². The first-order chi connectivity index (χ1) is 13.8. The van der Waals surface area contributed by atoms with Crippen molar-refractivity contribution in [2.75, 3.05) is 66.1 Å². The van der Waals surface area contributed by atoms with Crippen molar-refractivity contribution in [3.05, 3.63) is 29.3 Å². The normalized spacial score (nSPS) is 12.0.